The molecule has 0 spiro atoms. The largest absolute Gasteiger partial charge is 0.373 e. The van der Waals surface area contributed by atoms with Gasteiger partial charge in [0.25, 0.3) is 0 Å². The van der Waals surface area contributed by atoms with Crippen LogP contribution >= 0.6 is 0 Å². The highest BCUT2D eigenvalue weighted by Crippen LogP contribution is 2.58. The van der Waals surface area contributed by atoms with Crippen LogP contribution in [0.1, 0.15) is 316 Å². The van der Waals surface area contributed by atoms with E-state index >= 15 is 0 Å². The fraction of sp³-hybridized carbons (Fsp3) is 0.673. The first-order valence-corrected chi connectivity index (χ1v) is 41.3. The van der Waals surface area contributed by atoms with E-state index in [1.807, 2.05) is 13.8 Å². The number of allylic oxidation sites excluding steroid dienone is 16. The van der Waals surface area contributed by atoms with Crippen LogP contribution < -0.4 is 0 Å². The van der Waals surface area contributed by atoms with Gasteiger partial charge in [-0.25, -0.2) is 0 Å². The summed E-state index contributed by atoms with van der Waals surface area (Å²) in [6, 6.07) is 18.2. The van der Waals surface area contributed by atoms with E-state index in [0.29, 0.717) is 102 Å². The van der Waals surface area contributed by atoms with Crippen molar-refractivity contribution in [2.75, 3.05) is 0 Å². The number of unbranched alkanes of at least 4 members (excludes halogenated alkanes) is 3. The predicted molar refractivity (Wildman–Crippen MR) is 453 cm³/mol. The molecule has 8 unspecified atom stereocenters. The molecule has 0 radical (unpaired) electrons. The van der Waals surface area contributed by atoms with Gasteiger partial charge in [-0.3, -0.25) is 0 Å². The Morgan fingerprint density at radius 3 is 0.730 bits per heavy atom. The molecule has 122 heavy (non-hydrogen) atoms. The SMILES string of the molecule is C/C(C#N)=C/C1CC1(C)C.CC(C)(C)/C(C#N)=C/C1CC1(C)C.CC(C)/C(C#N)=C/C1CC1(C)C.CC(C)C/C(C#N)=C/C1CC1(C)C.CC/C(C#N)=C/C1CC1(C)C.CCC/C(C#N)=C/C1CC1(C)C.CCCC/C(C#N)=C/C1CC1(C)C.CCCCC/C(C#N)=C/C1CC1(C)C.O=C=O.O=C=O.O=C=O.O=C=O.O=C=O.O=C=O.O=C=O.O=C=O. The van der Waals surface area contributed by atoms with Crippen molar-refractivity contribution >= 4 is 49.2 Å². The van der Waals surface area contributed by atoms with Gasteiger partial charge < -0.3 is 0 Å². The second-order valence-electron chi connectivity index (χ2n) is 38.1. The Bertz CT molecular complexity index is 3940. The van der Waals surface area contributed by atoms with Crippen LogP contribution in [0.15, 0.2) is 93.2 Å². The minimum absolute atomic E-state index is 0.00736. The molecule has 0 saturated heterocycles. The molecule has 8 rings (SSSR count). The van der Waals surface area contributed by atoms with E-state index in [2.05, 4.69) is 277 Å². The average Bonchev–Trinajstić information content (AvgIpc) is 1.62. The summed E-state index contributed by atoms with van der Waals surface area (Å²) in [5.74, 6) is 6.22. The molecule has 0 aromatic heterocycles. The van der Waals surface area contributed by atoms with E-state index < -0.39 is 0 Å². The van der Waals surface area contributed by atoms with Gasteiger partial charge in [-0.15, -0.1) is 0 Å². The maximum Gasteiger partial charge on any atom is 0.373 e. The Hall–Kier alpha value is -11.1. The molecular formula is C98H140N8O16. The smallest absolute Gasteiger partial charge is 0.193 e. The van der Waals surface area contributed by atoms with E-state index in [4.69, 9.17) is 119 Å². The van der Waals surface area contributed by atoms with Gasteiger partial charge in [0.2, 0.25) is 0 Å². The third-order valence-corrected chi connectivity index (χ3v) is 21.9. The molecule has 0 aliphatic heterocycles. The minimum atomic E-state index is 0.00736. The molecule has 8 aliphatic rings. The number of nitriles is 8. The molecule has 8 saturated carbocycles. The van der Waals surface area contributed by atoms with Gasteiger partial charge in [0, 0.05) is 44.6 Å². The molecular weight excluding hydrogens is 1550 g/mol. The molecule has 8 aliphatic carbocycles. The minimum Gasteiger partial charge on any atom is -0.193 e. The van der Waals surface area contributed by atoms with Gasteiger partial charge >= 0.3 is 49.2 Å². The van der Waals surface area contributed by atoms with Crippen molar-refractivity contribution in [3.63, 3.8) is 0 Å². The Kier molecular flexibility index (Phi) is 69.0. The van der Waals surface area contributed by atoms with Gasteiger partial charge in [-0.2, -0.15) is 119 Å². The van der Waals surface area contributed by atoms with Crippen LogP contribution in [0.2, 0.25) is 0 Å². The Morgan fingerprint density at radius 2 is 0.533 bits per heavy atom. The van der Waals surface area contributed by atoms with Gasteiger partial charge in [0.05, 0.1) is 48.6 Å². The first kappa shape index (κ1) is 126. The fourth-order valence-electron chi connectivity index (χ4n) is 11.7. The highest BCUT2D eigenvalue weighted by Gasteiger charge is 2.49. The molecule has 8 atom stereocenters. The van der Waals surface area contributed by atoms with Crippen molar-refractivity contribution in [3.05, 3.63) is 93.2 Å². The highest BCUT2D eigenvalue weighted by atomic mass is 16.3. The fourth-order valence-corrected chi connectivity index (χ4v) is 11.7. The van der Waals surface area contributed by atoms with Crippen LogP contribution in [0.3, 0.4) is 0 Å². The lowest BCUT2D eigenvalue weighted by atomic mass is 9.86. The van der Waals surface area contributed by atoms with Crippen molar-refractivity contribution in [2.45, 2.75) is 316 Å². The van der Waals surface area contributed by atoms with E-state index in [1.165, 1.54) is 77.0 Å². The third kappa shape index (κ3) is 67.6. The molecule has 0 aromatic carbocycles. The summed E-state index contributed by atoms with van der Waals surface area (Å²) in [6.45, 7) is 61.2. The molecule has 24 heteroatoms. The molecule has 24 nitrogen and oxygen atoms in total. The van der Waals surface area contributed by atoms with E-state index in [1.54, 1.807) is 0 Å². The summed E-state index contributed by atoms with van der Waals surface area (Å²) in [5.41, 5.74) is 11.3. The number of hydrogen-bond acceptors (Lipinski definition) is 24. The molecule has 0 aromatic rings. The summed E-state index contributed by atoms with van der Waals surface area (Å²) in [6.07, 6.45) is 41.0. The molecule has 0 N–H and O–H groups in total. The van der Waals surface area contributed by atoms with E-state index in [-0.39, 0.29) is 54.6 Å². The van der Waals surface area contributed by atoms with Crippen LogP contribution in [0.4, 0.5) is 0 Å². The summed E-state index contributed by atoms with van der Waals surface area (Å²) < 4.78 is 0. The monoisotopic (exact) mass is 1690 g/mol. The quantitative estimate of drug-likeness (QED) is 0.0760. The lowest BCUT2D eigenvalue weighted by Crippen LogP contribution is -2.08. The van der Waals surface area contributed by atoms with Crippen molar-refractivity contribution in [3.8, 4) is 48.6 Å². The first-order valence-electron chi connectivity index (χ1n) is 41.3. The first-order chi connectivity index (χ1) is 56.5. The second-order valence-corrected chi connectivity index (χ2v) is 38.1. The maximum atomic E-state index is 8.99. The van der Waals surface area contributed by atoms with E-state index in [0.717, 1.165) is 89.5 Å². The Labute approximate surface area is 729 Å². The van der Waals surface area contributed by atoms with Crippen LogP contribution in [0.25, 0.3) is 0 Å². The topological polar surface area (TPSA) is 463 Å². The summed E-state index contributed by atoms with van der Waals surface area (Å²) in [5, 5.41) is 70.5. The Morgan fingerprint density at radius 1 is 0.303 bits per heavy atom. The highest BCUT2D eigenvalue weighted by molar-refractivity contribution is 5.33. The summed E-state index contributed by atoms with van der Waals surface area (Å²) in [7, 11) is 0. The van der Waals surface area contributed by atoms with Crippen molar-refractivity contribution in [1.82, 2.24) is 0 Å². The van der Waals surface area contributed by atoms with Gasteiger partial charge in [-0.05, 0) is 211 Å². The summed E-state index contributed by atoms with van der Waals surface area (Å²) >= 11 is 0. The predicted octanol–water partition coefficient (Wildman–Crippen LogP) is 21.9. The third-order valence-electron chi connectivity index (χ3n) is 21.9. The summed E-state index contributed by atoms with van der Waals surface area (Å²) in [4.78, 5) is 130. The van der Waals surface area contributed by atoms with E-state index in [9.17, 15) is 0 Å². The van der Waals surface area contributed by atoms with Gasteiger partial charge in [0.1, 0.15) is 0 Å². The maximum absolute atomic E-state index is 8.99. The molecule has 0 heterocycles. The van der Waals surface area contributed by atoms with Crippen LogP contribution in [0, 0.1) is 199 Å². The van der Waals surface area contributed by atoms with Crippen LogP contribution in [0.5, 0.6) is 0 Å². The molecule has 8 fully saturated rings. The second kappa shape index (κ2) is 66.6. The zero-order chi connectivity index (χ0) is 97.3. The van der Waals surface area contributed by atoms with Gasteiger partial charge in [-0.1, -0.05) is 261 Å². The lowest BCUT2D eigenvalue weighted by molar-refractivity contribution is -0.193. The van der Waals surface area contributed by atoms with Crippen molar-refractivity contribution in [2.24, 2.45) is 108 Å². The number of nitrogens with zero attached hydrogens (tertiary/aromatic N) is 8. The zero-order valence-electron chi connectivity index (χ0n) is 78.4. The van der Waals surface area contributed by atoms with Gasteiger partial charge in [0.15, 0.2) is 0 Å². The molecule has 668 valence electrons. The Balaban J connectivity index is -0.000000195. The standard InChI is InChI=1S/C13H21N.3C12H19N.2C11H17N.C10H15N.C9H13N.8CO2/c1-4-5-6-7-11(10-14)8-12-9-13(12,2)3;1-11(2,3)10(8-13)6-9-7-12(9,4)5;1-9(2)5-10(8-13)6-11-7-12(11,3)4;1-4-5-6-10(9-13)7-11-8-12(11,2)3;1-8(2)9(7-12)5-10-6-11(10,3)4;1-4-5-9(8-12)6-10-7-11(10,2)3;1-4-8(7-11)5-9-6-10(9,2)3;1-7(6-10)4-8-5-9(8,2)3;8*2-1-3/h8,12H,4-7,9H2,1-3H3;6,9H,7H2,1-5H3;6,9,11H,5,7H2,1-4H3;7,11H,4-6,8H2,1-3H3;5,8,10H,6H2,1-4H3;6,10H,4-5,7H2,1-3H3;5,9H,4,6H2,1-3H3;4,8H,5H2,1-3H3;;;;;;;;/b11-8-;10-6+;10-6-;10-7-;9-5+;9-6-;8-5-;7-4-;;;;;;;;. The number of carbonyl (C=O) groups excluding carboxylic acids is 16. The zero-order valence-corrected chi connectivity index (χ0v) is 78.4. The number of hydrogen-bond donors (Lipinski definition) is 0. The van der Waals surface area contributed by atoms with Crippen LogP contribution in [-0.4, -0.2) is 49.2 Å². The molecule has 0 amide bonds. The van der Waals surface area contributed by atoms with Crippen molar-refractivity contribution in [1.29, 1.82) is 42.1 Å². The lowest BCUT2D eigenvalue weighted by Gasteiger charge is -2.17. The normalized spacial score (nSPS) is 21.8. The number of rotatable bonds is 21. The molecule has 0 bridgehead atoms. The van der Waals surface area contributed by atoms with Crippen LogP contribution in [-0.2, 0) is 76.7 Å². The average molecular weight is 1690 g/mol. The van der Waals surface area contributed by atoms with Crippen molar-refractivity contribution < 1.29 is 76.7 Å².